The zero-order valence-corrected chi connectivity index (χ0v) is 12.8. The molecule has 1 heterocycles. The van der Waals surface area contributed by atoms with E-state index in [9.17, 15) is 14.4 Å². The average Bonchev–Trinajstić information content (AvgIpc) is 3.23. The molecule has 0 saturated heterocycles. The molecule has 2 atom stereocenters. The molecule has 1 aliphatic heterocycles. The molecule has 2 N–H and O–H groups in total. The summed E-state index contributed by atoms with van der Waals surface area (Å²) in [6.45, 7) is 1.72. The topological polar surface area (TPSA) is 86.7 Å². The van der Waals surface area contributed by atoms with Gasteiger partial charge in [0.15, 0.2) is 0 Å². The summed E-state index contributed by atoms with van der Waals surface area (Å²) in [6.07, 6.45) is 1.38. The van der Waals surface area contributed by atoms with Crippen LogP contribution in [-0.4, -0.2) is 34.3 Å². The Labute approximate surface area is 134 Å². The fraction of sp³-hybridized carbons (Fsp3) is 0.471. The number of nitrogens with zero attached hydrogens (tertiary/aromatic N) is 1. The van der Waals surface area contributed by atoms with Crippen LogP contribution in [0.4, 0.5) is 0 Å². The number of carboxylic acid groups (broad SMARTS) is 1. The molecule has 1 fully saturated rings. The van der Waals surface area contributed by atoms with Crippen molar-refractivity contribution in [2.75, 3.05) is 6.54 Å². The molecule has 23 heavy (non-hydrogen) atoms. The number of hydrogen-bond acceptors (Lipinski definition) is 3. The number of nitrogens with one attached hydrogen (secondary N) is 1. The van der Waals surface area contributed by atoms with Crippen molar-refractivity contribution in [2.45, 2.75) is 32.4 Å². The molecular formula is C17H20N2O4. The van der Waals surface area contributed by atoms with Crippen LogP contribution in [0.2, 0.25) is 0 Å². The summed E-state index contributed by atoms with van der Waals surface area (Å²) >= 11 is 0. The third kappa shape index (κ3) is 3.52. The van der Waals surface area contributed by atoms with Gasteiger partial charge in [-0.15, -0.1) is 0 Å². The van der Waals surface area contributed by atoms with Gasteiger partial charge in [-0.3, -0.25) is 14.4 Å². The van der Waals surface area contributed by atoms with E-state index in [0.717, 1.165) is 0 Å². The normalized spacial score (nSPS) is 21.7. The third-order valence-corrected chi connectivity index (χ3v) is 4.50. The Hall–Kier alpha value is -2.37. The van der Waals surface area contributed by atoms with E-state index >= 15 is 0 Å². The largest absolute Gasteiger partial charge is 0.481 e. The third-order valence-electron chi connectivity index (χ3n) is 4.50. The minimum atomic E-state index is -0.908. The molecule has 2 amide bonds. The number of amides is 2. The molecule has 0 aromatic heterocycles. The Morgan fingerprint density at radius 2 is 1.78 bits per heavy atom. The molecule has 3 rings (SSSR count). The Balaban J connectivity index is 1.35. The Kier molecular flexibility index (Phi) is 4.32. The average molecular weight is 316 g/mol. The minimum Gasteiger partial charge on any atom is -0.481 e. The monoisotopic (exact) mass is 316 g/mol. The van der Waals surface area contributed by atoms with Gasteiger partial charge in [-0.05, 0) is 24.0 Å². The number of aliphatic carboxylic acids is 1. The van der Waals surface area contributed by atoms with Gasteiger partial charge < -0.3 is 15.3 Å². The van der Waals surface area contributed by atoms with Crippen molar-refractivity contribution in [3.8, 4) is 0 Å². The highest BCUT2D eigenvalue weighted by molar-refractivity contribution is 5.89. The predicted molar refractivity (Wildman–Crippen MR) is 82.2 cm³/mol. The van der Waals surface area contributed by atoms with Crippen molar-refractivity contribution in [1.82, 2.24) is 10.2 Å². The van der Waals surface area contributed by atoms with Crippen LogP contribution in [0, 0.1) is 11.8 Å². The fourth-order valence-electron chi connectivity index (χ4n) is 3.01. The number of benzene rings is 1. The van der Waals surface area contributed by atoms with E-state index in [1.165, 1.54) is 11.1 Å². The maximum absolute atomic E-state index is 12.2. The summed E-state index contributed by atoms with van der Waals surface area (Å²) in [7, 11) is 0. The number of fused-ring (bicyclic) bond motifs is 1. The van der Waals surface area contributed by atoms with E-state index in [1.54, 1.807) is 0 Å². The van der Waals surface area contributed by atoms with Gasteiger partial charge in [0, 0.05) is 26.1 Å². The van der Waals surface area contributed by atoms with Crippen LogP contribution in [0.1, 0.15) is 30.4 Å². The Morgan fingerprint density at radius 3 is 2.35 bits per heavy atom. The van der Waals surface area contributed by atoms with E-state index in [0.29, 0.717) is 38.9 Å². The number of carbonyl (C=O) groups is 3. The maximum Gasteiger partial charge on any atom is 0.307 e. The maximum atomic E-state index is 12.2. The van der Waals surface area contributed by atoms with Crippen molar-refractivity contribution in [2.24, 2.45) is 11.8 Å². The van der Waals surface area contributed by atoms with Crippen molar-refractivity contribution in [3.63, 3.8) is 0 Å². The predicted octanol–water partition coefficient (Wildman–Crippen LogP) is 1.15. The molecular weight excluding hydrogens is 296 g/mol. The van der Waals surface area contributed by atoms with E-state index in [-0.39, 0.29) is 11.8 Å². The molecule has 122 valence electrons. The summed E-state index contributed by atoms with van der Waals surface area (Å²) in [5, 5.41) is 11.5. The lowest BCUT2D eigenvalue weighted by atomic mass is 10.1. The molecule has 1 aliphatic carbocycles. The molecule has 6 nitrogen and oxygen atoms in total. The zero-order valence-electron chi connectivity index (χ0n) is 12.8. The molecule has 0 bridgehead atoms. The fourth-order valence-corrected chi connectivity index (χ4v) is 3.01. The lowest BCUT2D eigenvalue weighted by Crippen LogP contribution is -2.29. The van der Waals surface area contributed by atoms with Crippen molar-refractivity contribution in [3.05, 3.63) is 35.4 Å². The lowest BCUT2D eigenvalue weighted by Gasteiger charge is -2.15. The first-order valence-corrected chi connectivity index (χ1v) is 7.91. The van der Waals surface area contributed by atoms with Gasteiger partial charge in [-0.1, -0.05) is 24.3 Å². The lowest BCUT2D eigenvalue weighted by molar-refractivity contribution is -0.140. The van der Waals surface area contributed by atoms with Crippen LogP contribution < -0.4 is 5.32 Å². The quantitative estimate of drug-likeness (QED) is 0.771. The first kappa shape index (κ1) is 15.5. The number of carboxylic acids is 1. The molecule has 1 aromatic carbocycles. The van der Waals surface area contributed by atoms with E-state index in [4.69, 9.17) is 5.11 Å². The first-order chi connectivity index (χ1) is 11.1. The van der Waals surface area contributed by atoms with Gasteiger partial charge in [-0.25, -0.2) is 0 Å². The van der Waals surface area contributed by atoms with Gasteiger partial charge >= 0.3 is 5.97 Å². The summed E-state index contributed by atoms with van der Waals surface area (Å²) in [4.78, 5) is 36.4. The number of hydrogen-bond donors (Lipinski definition) is 2. The zero-order chi connectivity index (χ0) is 16.4. The van der Waals surface area contributed by atoms with Crippen LogP contribution in [0.3, 0.4) is 0 Å². The second kappa shape index (κ2) is 6.40. The van der Waals surface area contributed by atoms with Gasteiger partial charge in [0.1, 0.15) is 0 Å². The van der Waals surface area contributed by atoms with Crippen LogP contribution in [0.15, 0.2) is 24.3 Å². The first-order valence-electron chi connectivity index (χ1n) is 7.91. The van der Waals surface area contributed by atoms with E-state index in [2.05, 4.69) is 5.32 Å². The van der Waals surface area contributed by atoms with Crippen molar-refractivity contribution in [1.29, 1.82) is 0 Å². The molecule has 6 heteroatoms. The summed E-state index contributed by atoms with van der Waals surface area (Å²) in [6, 6.07) is 8.03. The van der Waals surface area contributed by atoms with Gasteiger partial charge in [0.2, 0.25) is 11.8 Å². The molecule has 1 saturated carbocycles. The summed E-state index contributed by atoms with van der Waals surface area (Å²) in [5.41, 5.74) is 2.39. The van der Waals surface area contributed by atoms with Gasteiger partial charge in [-0.2, -0.15) is 0 Å². The van der Waals surface area contributed by atoms with Crippen molar-refractivity contribution >= 4 is 17.8 Å². The van der Waals surface area contributed by atoms with E-state index < -0.39 is 17.8 Å². The van der Waals surface area contributed by atoms with Crippen LogP contribution in [0.5, 0.6) is 0 Å². The molecule has 0 spiro atoms. The summed E-state index contributed by atoms with van der Waals surface area (Å²) < 4.78 is 0. The SMILES string of the molecule is O=C(O)C1CC1C(=O)NCCCC(=O)N1Cc2ccccc2C1. The van der Waals surface area contributed by atoms with Crippen LogP contribution >= 0.6 is 0 Å². The van der Waals surface area contributed by atoms with Gasteiger partial charge in [0.05, 0.1) is 11.8 Å². The highest BCUT2D eigenvalue weighted by Gasteiger charge is 2.48. The highest BCUT2D eigenvalue weighted by Crippen LogP contribution is 2.38. The minimum absolute atomic E-state index is 0.0882. The Morgan fingerprint density at radius 1 is 1.13 bits per heavy atom. The Bertz CT molecular complexity index is 618. The van der Waals surface area contributed by atoms with Crippen LogP contribution in [-0.2, 0) is 27.5 Å². The standard InChI is InChI=1S/C17H20N2O4/c20-15(19-9-11-4-1-2-5-12(11)10-19)6-3-7-18-16(21)13-8-14(13)17(22)23/h1-2,4-5,13-14H,3,6-10H2,(H,18,21)(H,22,23). The smallest absolute Gasteiger partial charge is 0.307 e. The highest BCUT2D eigenvalue weighted by atomic mass is 16.4. The second-order valence-electron chi connectivity index (χ2n) is 6.20. The van der Waals surface area contributed by atoms with Gasteiger partial charge in [0.25, 0.3) is 0 Å². The number of carbonyl (C=O) groups excluding carboxylic acids is 2. The second-order valence-corrected chi connectivity index (χ2v) is 6.20. The van der Waals surface area contributed by atoms with Crippen LogP contribution in [0.25, 0.3) is 0 Å². The van der Waals surface area contributed by atoms with E-state index in [1.807, 2.05) is 29.2 Å². The molecule has 2 unspecified atom stereocenters. The molecule has 1 aromatic rings. The molecule has 0 radical (unpaired) electrons. The number of rotatable bonds is 6. The summed E-state index contributed by atoms with van der Waals surface area (Å²) in [5.74, 6) is -1.95. The van der Waals surface area contributed by atoms with Crippen molar-refractivity contribution < 1.29 is 19.5 Å². The molecule has 2 aliphatic rings.